The average molecular weight is 320 g/mol. The van der Waals surface area contributed by atoms with E-state index in [9.17, 15) is 4.39 Å². The van der Waals surface area contributed by atoms with Crippen LogP contribution in [0.3, 0.4) is 0 Å². The first kappa shape index (κ1) is 14.4. The molecule has 24 heavy (non-hydrogen) atoms. The van der Waals surface area contributed by atoms with E-state index in [1.165, 1.54) is 6.07 Å². The second kappa shape index (κ2) is 5.78. The smallest absolute Gasteiger partial charge is 0.245 e. The van der Waals surface area contributed by atoms with Crippen LogP contribution in [0.5, 0.6) is 0 Å². The maximum Gasteiger partial charge on any atom is 0.245 e. The van der Waals surface area contributed by atoms with Gasteiger partial charge in [0.1, 0.15) is 29.0 Å². The molecule has 3 aromatic rings. The summed E-state index contributed by atoms with van der Waals surface area (Å²) in [4.78, 5) is 10.9. The molecule has 0 fully saturated rings. The molecule has 0 amide bonds. The first-order valence-electron chi connectivity index (χ1n) is 7.59. The Hall–Kier alpha value is -3.20. The van der Waals surface area contributed by atoms with Crippen LogP contribution in [0, 0.1) is 17.1 Å². The van der Waals surface area contributed by atoms with Crippen LogP contribution in [0.4, 0.5) is 10.1 Å². The fraction of sp³-hybridized carbons (Fsp3) is 0.167. The first-order valence-corrected chi connectivity index (χ1v) is 7.59. The topological polar surface area (TPSA) is 66.0 Å². The average Bonchev–Trinajstić information content (AvgIpc) is 3.06. The minimum atomic E-state index is -0.502. The van der Waals surface area contributed by atoms with Gasteiger partial charge in [-0.1, -0.05) is 6.07 Å². The number of nitriles is 1. The van der Waals surface area contributed by atoms with Gasteiger partial charge in [0.25, 0.3) is 0 Å². The van der Waals surface area contributed by atoms with Gasteiger partial charge < -0.3 is 9.32 Å². The highest BCUT2D eigenvalue weighted by Crippen LogP contribution is 2.28. The van der Waals surface area contributed by atoms with Gasteiger partial charge in [-0.25, -0.2) is 9.37 Å². The van der Waals surface area contributed by atoms with Gasteiger partial charge in [-0.2, -0.15) is 5.26 Å². The zero-order chi connectivity index (χ0) is 16.5. The SMILES string of the molecule is N#Cc1cc(N2CCc3oc(-c4ccccn4)nc3C2)ccc1F. The third-order valence-electron chi connectivity index (χ3n) is 4.05. The highest BCUT2D eigenvalue weighted by atomic mass is 19.1. The summed E-state index contributed by atoms with van der Waals surface area (Å²) in [5, 5.41) is 8.99. The molecule has 1 aliphatic heterocycles. The van der Waals surface area contributed by atoms with Gasteiger partial charge in [-0.15, -0.1) is 0 Å². The lowest BCUT2D eigenvalue weighted by atomic mass is 10.1. The minimum absolute atomic E-state index is 0.0487. The lowest BCUT2D eigenvalue weighted by molar-refractivity contribution is 0.498. The van der Waals surface area contributed by atoms with Crippen molar-refractivity contribution >= 4 is 5.69 Å². The Bertz CT molecular complexity index is 930. The van der Waals surface area contributed by atoms with Crippen LogP contribution in [0.1, 0.15) is 17.0 Å². The van der Waals surface area contributed by atoms with Crippen LogP contribution in [0.2, 0.25) is 0 Å². The Labute approximate surface area is 138 Å². The van der Waals surface area contributed by atoms with E-state index in [0.29, 0.717) is 24.6 Å². The quantitative estimate of drug-likeness (QED) is 0.725. The highest BCUT2D eigenvalue weighted by molar-refractivity contribution is 5.54. The summed E-state index contributed by atoms with van der Waals surface area (Å²) < 4.78 is 19.3. The van der Waals surface area contributed by atoms with Crippen LogP contribution < -0.4 is 4.90 Å². The van der Waals surface area contributed by atoms with Crippen molar-refractivity contribution < 1.29 is 8.81 Å². The van der Waals surface area contributed by atoms with Crippen molar-refractivity contribution in [2.24, 2.45) is 0 Å². The number of halogens is 1. The molecule has 1 aliphatic rings. The number of anilines is 1. The number of fused-ring (bicyclic) bond motifs is 1. The minimum Gasteiger partial charge on any atom is -0.439 e. The zero-order valence-electron chi connectivity index (χ0n) is 12.7. The standard InChI is InChI=1S/C18H13FN4O/c19-14-5-4-13(9-12(14)10-20)23-8-6-17-16(11-23)22-18(24-17)15-3-1-2-7-21-15/h1-5,7,9H,6,8,11H2. The molecule has 4 rings (SSSR count). The normalized spacial score (nSPS) is 13.4. The monoisotopic (exact) mass is 320 g/mol. The molecule has 6 heteroatoms. The van der Waals surface area contributed by atoms with Crippen LogP contribution in [0.15, 0.2) is 47.0 Å². The predicted octanol–water partition coefficient (Wildman–Crippen LogP) is 3.31. The Morgan fingerprint density at radius 2 is 2.17 bits per heavy atom. The summed E-state index contributed by atoms with van der Waals surface area (Å²) in [7, 11) is 0. The molecular formula is C18H13FN4O. The lowest BCUT2D eigenvalue weighted by Crippen LogP contribution is -2.30. The number of aromatic nitrogens is 2. The van der Waals surface area contributed by atoms with Crippen LogP contribution >= 0.6 is 0 Å². The lowest BCUT2D eigenvalue weighted by Gasteiger charge is -2.27. The summed E-state index contributed by atoms with van der Waals surface area (Å²) in [6, 6.07) is 12.0. The number of benzene rings is 1. The molecule has 0 saturated carbocycles. The number of hydrogen-bond acceptors (Lipinski definition) is 5. The molecule has 5 nitrogen and oxygen atoms in total. The first-order chi connectivity index (χ1) is 11.7. The van der Waals surface area contributed by atoms with E-state index in [2.05, 4.69) is 14.9 Å². The summed E-state index contributed by atoms with van der Waals surface area (Å²) >= 11 is 0. The van der Waals surface area contributed by atoms with E-state index < -0.39 is 5.82 Å². The van der Waals surface area contributed by atoms with Gasteiger partial charge in [0, 0.05) is 24.8 Å². The van der Waals surface area contributed by atoms with Crippen molar-refractivity contribution in [3.63, 3.8) is 0 Å². The van der Waals surface area contributed by atoms with Gasteiger partial charge in [0.15, 0.2) is 0 Å². The second-order valence-corrected chi connectivity index (χ2v) is 5.55. The molecule has 0 bridgehead atoms. The fourth-order valence-corrected chi connectivity index (χ4v) is 2.81. The maximum atomic E-state index is 13.5. The molecule has 0 atom stereocenters. The van der Waals surface area contributed by atoms with Crippen molar-refractivity contribution in [1.29, 1.82) is 5.26 Å². The Balaban J connectivity index is 1.63. The van der Waals surface area contributed by atoms with E-state index in [0.717, 1.165) is 23.7 Å². The van der Waals surface area contributed by atoms with Gasteiger partial charge in [-0.05, 0) is 30.3 Å². The van der Waals surface area contributed by atoms with Crippen LogP contribution in [-0.4, -0.2) is 16.5 Å². The molecule has 0 N–H and O–H groups in total. The molecule has 0 saturated heterocycles. The molecule has 0 unspecified atom stereocenters. The molecule has 0 radical (unpaired) electrons. The molecule has 1 aromatic carbocycles. The van der Waals surface area contributed by atoms with Crippen molar-refractivity contribution in [3.8, 4) is 17.7 Å². The summed E-state index contributed by atoms with van der Waals surface area (Å²) in [5.74, 6) is 0.867. The Morgan fingerprint density at radius 1 is 1.25 bits per heavy atom. The van der Waals surface area contributed by atoms with Gasteiger partial charge in [0.2, 0.25) is 5.89 Å². The van der Waals surface area contributed by atoms with Crippen molar-refractivity contribution in [2.75, 3.05) is 11.4 Å². The van der Waals surface area contributed by atoms with Gasteiger partial charge in [-0.3, -0.25) is 4.98 Å². The Kier molecular flexibility index (Phi) is 3.47. The second-order valence-electron chi connectivity index (χ2n) is 5.55. The molecule has 2 aromatic heterocycles. The largest absolute Gasteiger partial charge is 0.439 e. The summed E-state index contributed by atoms with van der Waals surface area (Å²) in [5.41, 5.74) is 2.41. The Morgan fingerprint density at radius 3 is 2.96 bits per heavy atom. The molecule has 0 spiro atoms. The van der Waals surface area contributed by atoms with Gasteiger partial charge >= 0.3 is 0 Å². The van der Waals surface area contributed by atoms with E-state index in [1.807, 2.05) is 24.3 Å². The summed E-state index contributed by atoms with van der Waals surface area (Å²) in [6.07, 6.45) is 2.40. The van der Waals surface area contributed by atoms with Gasteiger partial charge in [0.05, 0.1) is 12.1 Å². The van der Waals surface area contributed by atoms with Crippen molar-refractivity contribution in [1.82, 2.24) is 9.97 Å². The molecular weight excluding hydrogens is 307 g/mol. The fourth-order valence-electron chi connectivity index (χ4n) is 2.81. The highest BCUT2D eigenvalue weighted by Gasteiger charge is 2.23. The molecule has 0 aliphatic carbocycles. The van der Waals surface area contributed by atoms with Crippen molar-refractivity contribution in [3.05, 3.63) is 65.4 Å². The van der Waals surface area contributed by atoms with E-state index in [-0.39, 0.29) is 5.56 Å². The number of rotatable bonds is 2. The number of nitrogens with zero attached hydrogens (tertiary/aromatic N) is 4. The third-order valence-corrected chi connectivity index (χ3v) is 4.05. The molecule has 3 heterocycles. The number of oxazole rings is 1. The van der Waals surface area contributed by atoms with Crippen LogP contribution in [0.25, 0.3) is 11.6 Å². The number of pyridine rings is 1. The van der Waals surface area contributed by atoms with Crippen molar-refractivity contribution in [2.45, 2.75) is 13.0 Å². The molecule has 118 valence electrons. The third kappa shape index (κ3) is 2.50. The van der Waals surface area contributed by atoms with E-state index in [1.54, 1.807) is 18.3 Å². The zero-order valence-corrected chi connectivity index (χ0v) is 12.7. The van der Waals surface area contributed by atoms with Crippen LogP contribution in [-0.2, 0) is 13.0 Å². The summed E-state index contributed by atoms with van der Waals surface area (Å²) in [6.45, 7) is 1.28. The predicted molar refractivity (Wildman–Crippen MR) is 85.6 cm³/mol. The van der Waals surface area contributed by atoms with E-state index in [4.69, 9.17) is 9.68 Å². The number of hydrogen-bond donors (Lipinski definition) is 0. The van der Waals surface area contributed by atoms with E-state index >= 15 is 0 Å². The maximum absolute atomic E-state index is 13.5.